The van der Waals surface area contributed by atoms with Crippen LogP contribution in [0.25, 0.3) is 15.9 Å². The molecule has 5 nitrogen and oxygen atoms in total. The Morgan fingerprint density at radius 2 is 2.14 bits per heavy atom. The van der Waals surface area contributed by atoms with E-state index in [4.69, 9.17) is 0 Å². The average Bonchev–Trinajstić information content (AvgIpc) is 3.45. The number of rotatable bonds is 8. The summed E-state index contributed by atoms with van der Waals surface area (Å²) in [6.07, 6.45) is 10.0. The van der Waals surface area contributed by atoms with Crippen molar-refractivity contribution in [3.63, 3.8) is 0 Å². The maximum Gasteiger partial charge on any atom is 0.128 e. The lowest BCUT2D eigenvalue weighted by Crippen LogP contribution is -2.35. The molecule has 1 unspecified atom stereocenters. The fourth-order valence-corrected chi connectivity index (χ4v) is 5.92. The number of thiophene rings is 1. The zero-order valence-electron chi connectivity index (χ0n) is 20.0. The van der Waals surface area contributed by atoms with Crippen molar-refractivity contribution in [3.8, 4) is 0 Å². The molecule has 5 rings (SSSR count). The van der Waals surface area contributed by atoms with Crippen LogP contribution < -0.4 is 5.32 Å². The van der Waals surface area contributed by atoms with Crippen molar-refractivity contribution in [1.29, 1.82) is 0 Å². The lowest BCUT2D eigenvalue weighted by atomic mass is 9.90. The summed E-state index contributed by atoms with van der Waals surface area (Å²) in [6.45, 7) is 10.4. The van der Waals surface area contributed by atoms with E-state index in [0.29, 0.717) is 12.5 Å². The Morgan fingerprint density at radius 3 is 2.94 bits per heavy atom. The number of fused-ring (bicyclic) bond motifs is 1. The molecule has 1 aliphatic heterocycles. The quantitative estimate of drug-likeness (QED) is 0.252. The summed E-state index contributed by atoms with van der Waals surface area (Å²) in [5.74, 6) is 1.35. The zero-order valence-corrected chi connectivity index (χ0v) is 22.4. The first-order valence-electron chi connectivity index (χ1n) is 12.0. The number of nitrogens with one attached hydrogen (secondary N) is 1. The van der Waals surface area contributed by atoms with Gasteiger partial charge in [-0.25, -0.2) is 4.68 Å². The van der Waals surface area contributed by atoms with Gasteiger partial charge < -0.3 is 5.32 Å². The minimum Gasteiger partial charge on any atom is -0.366 e. The molecule has 180 valence electrons. The summed E-state index contributed by atoms with van der Waals surface area (Å²) in [6, 6.07) is 12.8. The molecule has 3 aromatic heterocycles. The third-order valence-corrected chi connectivity index (χ3v) is 8.47. The van der Waals surface area contributed by atoms with E-state index in [1.54, 1.807) is 6.20 Å². The Kier molecular flexibility index (Phi) is 7.46. The molecule has 7 heteroatoms. The number of hydrogen-bond donors (Lipinski definition) is 1. The van der Waals surface area contributed by atoms with Crippen LogP contribution in [0.5, 0.6) is 0 Å². The molecular formula is C28H30BrN5S. The number of hydrogen-bond acceptors (Lipinski definition) is 5. The number of aromatic nitrogens is 3. The van der Waals surface area contributed by atoms with Crippen molar-refractivity contribution < 1.29 is 0 Å². The molecule has 0 spiro atoms. The predicted molar refractivity (Wildman–Crippen MR) is 149 cm³/mol. The van der Waals surface area contributed by atoms with E-state index in [2.05, 4.69) is 91.5 Å². The lowest BCUT2D eigenvalue weighted by molar-refractivity contribution is 0.186. The second-order valence-electron chi connectivity index (χ2n) is 9.14. The molecule has 1 aromatic carbocycles. The van der Waals surface area contributed by atoms with Crippen LogP contribution in [0.4, 0.5) is 0 Å². The van der Waals surface area contributed by atoms with Crippen LogP contribution in [0, 0.1) is 12.8 Å². The van der Waals surface area contributed by atoms with Gasteiger partial charge in [-0.1, -0.05) is 30.8 Å². The summed E-state index contributed by atoms with van der Waals surface area (Å²) < 4.78 is 4.31. The first-order valence-corrected chi connectivity index (χ1v) is 13.7. The molecule has 4 heterocycles. The SMILES string of the molecule is C=C(/C=C(/NCc1cccnc1)n1ncc(Br)c1C)C1CCCN(Cc2csc3ccccc23)C1. The van der Waals surface area contributed by atoms with Crippen molar-refractivity contribution in [1.82, 2.24) is 25.0 Å². The number of allylic oxidation sites excluding steroid dienone is 1. The van der Waals surface area contributed by atoms with Crippen molar-refractivity contribution in [3.05, 3.63) is 99.9 Å². The first-order chi connectivity index (χ1) is 17.1. The molecule has 0 saturated carbocycles. The number of piperidine rings is 1. The third kappa shape index (κ3) is 5.58. The fraction of sp³-hybridized carbons (Fsp3) is 0.286. The largest absolute Gasteiger partial charge is 0.366 e. The van der Waals surface area contributed by atoms with Gasteiger partial charge in [0.15, 0.2) is 0 Å². The van der Waals surface area contributed by atoms with Gasteiger partial charge in [0, 0.05) is 36.7 Å². The number of likely N-dealkylation sites (tertiary alicyclic amines) is 1. The average molecular weight is 549 g/mol. The maximum atomic E-state index is 4.59. The molecular weight excluding hydrogens is 518 g/mol. The van der Waals surface area contributed by atoms with Gasteiger partial charge >= 0.3 is 0 Å². The Balaban J connectivity index is 1.32. The summed E-state index contributed by atoms with van der Waals surface area (Å²) in [4.78, 5) is 6.82. The van der Waals surface area contributed by atoms with E-state index in [9.17, 15) is 0 Å². The number of pyridine rings is 1. The summed E-state index contributed by atoms with van der Waals surface area (Å²) >= 11 is 5.44. The number of benzene rings is 1. The van der Waals surface area contributed by atoms with Gasteiger partial charge in [0.25, 0.3) is 0 Å². The van der Waals surface area contributed by atoms with Crippen molar-refractivity contribution in [2.75, 3.05) is 13.1 Å². The molecule has 4 aromatic rings. The van der Waals surface area contributed by atoms with Crippen LogP contribution in [0.3, 0.4) is 0 Å². The fourth-order valence-electron chi connectivity index (χ4n) is 4.71. The van der Waals surface area contributed by atoms with E-state index in [0.717, 1.165) is 53.2 Å². The molecule has 0 radical (unpaired) electrons. The minimum absolute atomic E-state index is 0.420. The van der Waals surface area contributed by atoms with Gasteiger partial charge in [-0.15, -0.1) is 11.3 Å². The van der Waals surface area contributed by atoms with Gasteiger partial charge in [0.05, 0.1) is 16.4 Å². The van der Waals surface area contributed by atoms with Gasteiger partial charge in [-0.05, 0) is 93.8 Å². The molecule has 1 atom stereocenters. The van der Waals surface area contributed by atoms with E-state index >= 15 is 0 Å². The van der Waals surface area contributed by atoms with E-state index < -0.39 is 0 Å². The topological polar surface area (TPSA) is 46.0 Å². The van der Waals surface area contributed by atoms with Crippen LogP contribution in [-0.2, 0) is 13.1 Å². The molecule has 35 heavy (non-hydrogen) atoms. The Morgan fingerprint density at radius 1 is 1.26 bits per heavy atom. The van der Waals surface area contributed by atoms with Crippen molar-refractivity contribution in [2.45, 2.75) is 32.9 Å². The summed E-state index contributed by atoms with van der Waals surface area (Å²) in [5.41, 5.74) is 4.75. The van der Waals surface area contributed by atoms with Crippen LogP contribution in [0.1, 0.15) is 29.7 Å². The van der Waals surface area contributed by atoms with Gasteiger partial charge in [-0.3, -0.25) is 9.88 Å². The number of halogens is 1. The lowest BCUT2D eigenvalue weighted by Gasteiger charge is -2.33. The van der Waals surface area contributed by atoms with E-state index in [-0.39, 0.29) is 0 Å². The second-order valence-corrected chi connectivity index (χ2v) is 10.9. The summed E-state index contributed by atoms with van der Waals surface area (Å²) in [5, 5.41) is 11.9. The van der Waals surface area contributed by atoms with Crippen molar-refractivity contribution in [2.24, 2.45) is 5.92 Å². The van der Waals surface area contributed by atoms with Crippen molar-refractivity contribution >= 4 is 43.2 Å². The molecule has 1 N–H and O–H groups in total. The highest BCUT2D eigenvalue weighted by Gasteiger charge is 2.23. The van der Waals surface area contributed by atoms with Crippen LogP contribution in [0.2, 0.25) is 0 Å². The van der Waals surface area contributed by atoms with Gasteiger partial charge in [0.1, 0.15) is 5.82 Å². The van der Waals surface area contributed by atoms with Crippen LogP contribution in [0.15, 0.2) is 83.1 Å². The van der Waals surface area contributed by atoms with Gasteiger partial charge in [0.2, 0.25) is 0 Å². The van der Waals surface area contributed by atoms with Crippen LogP contribution >= 0.6 is 27.3 Å². The zero-order chi connectivity index (χ0) is 24.2. The van der Waals surface area contributed by atoms with Gasteiger partial charge in [-0.2, -0.15) is 5.10 Å². The second kappa shape index (κ2) is 10.9. The third-order valence-electron chi connectivity index (χ3n) is 6.68. The monoisotopic (exact) mass is 547 g/mol. The maximum absolute atomic E-state index is 4.59. The molecule has 1 aliphatic rings. The normalized spacial score (nSPS) is 17.1. The van der Waals surface area contributed by atoms with E-state index in [1.165, 1.54) is 22.1 Å². The van der Waals surface area contributed by atoms with Crippen LogP contribution in [-0.4, -0.2) is 32.8 Å². The highest BCUT2D eigenvalue weighted by Crippen LogP contribution is 2.30. The minimum atomic E-state index is 0.420. The Labute approximate surface area is 219 Å². The van der Waals surface area contributed by atoms with E-state index in [1.807, 2.05) is 34.5 Å². The predicted octanol–water partition coefficient (Wildman–Crippen LogP) is 6.62. The summed E-state index contributed by atoms with van der Waals surface area (Å²) in [7, 11) is 0. The number of nitrogens with zero attached hydrogens (tertiary/aromatic N) is 4. The standard InChI is InChI=1S/C28H30BrN5S/c1-20(13-28(34-21(2)26(29)16-32-34)31-15-22-7-5-11-30-14-22)23-8-6-12-33(17-23)18-24-19-35-27-10-4-3-9-25(24)27/h3-5,7,9-11,13-14,16,19,23,31H,1,6,8,12,15,17-18H2,2H3/b28-13-. The molecule has 1 fully saturated rings. The smallest absolute Gasteiger partial charge is 0.128 e. The Bertz CT molecular complexity index is 1340. The molecule has 0 bridgehead atoms. The highest BCUT2D eigenvalue weighted by atomic mass is 79.9. The highest BCUT2D eigenvalue weighted by molar-refractivity contribution is 9.10. The first kappa shape index (κ1) is 24.0. The molecule has 0 amide bonds. The Hall–Kier alpha value is -2.74. The molecule has 0 aliphatic carbocycles. The molecule has 1 saturated heterocycles.